The van der Waals surface area contributed by atoms with E-state index in [0.717, 1.165) is 32.5 Å². The van der Waals surface area contributed by atoms with Gasteiger partial charge in [-0.3, -0.25) is 14.2 Å². The molecule has 1 amide bonds. The molecule has 1 atom stereocenters. The molecule has 1 N–H and O–H groups in total. The molecule has 0 saturated heterocycles. The number of nitrogens with one attached hydrogen (secondary N) is 1. The smallest absolute Gasteiger partial charge is 0.262 e. The fourth-order valence-electron chi connectivity index (χ4n) is 3.44. The molecule has 0 aliphatic rings. The molecular weight excluding hydrogens is 370 g/mol. The van der Waals surface area contributed by atoms with Crippen molar-refractivity contribution in [2.45, 2.75) is 32.9 Å². The Labute approximate surface area is 166 Å². The average molecular weight is 391 g/mol. The van der Waals surface area contributed by atoms with E-state index in [-0.39, 0.29) is 24.1 Å². The zero-order valence-electron chi connectivity index (χ0n) is 15.8. The van der Waals surface area contributed by atoms with Crippen LogP contribution in [0.25, 0.3) is 21.0 Å². The molecule has 0 aliphatic heterocycles. The maximum atomic E-state index is 12.7. The molecule has 0 spiro atoms. The fourth-order valence-corrected chi connectivity index (χ4v) is 4.37. The summed E-state index contributed by atoms with van der Waals surface area (Å²) in [4.78, 5) is 31.4. The summed E-state index contributed by atoms with van der Waals surface area (Å²) in [6.45, 7) is 3.95. The lowest BCUT2D eigenvalue weighted by molar-refractivity contribution is -0.122. The summed E-state index contributed by atoms with van der Waals surface area (Å²) in [5.41, 5.74) is 0.881. The molecule has 0 radical (unpaired) electrons. The second kappa shape index (κ2) is 7.56. The van der Waals surface area contributed by atoms with Gasteiger partial charge in [-0.25, -0.2) is 4.98 Å². The van der Waals surface area contributed by atoms with Crippen molar-refractivity contribution in [2.24, 2.45) is 0 Å². The summed E-state index contributed by atoms with van der Waals surface area (Å²) in [6.07, 6.45) is 2.33. The Morgan fingerprint density at radius 1 is 1.18 bits per heavy atom. The van der Waals surface area contributed by atoms with Crippen LogP contribution in [0.3, 0.4) is 0 Å². The number of amides is 1. The van der Waals surface area contributed by atoms with E-state index in [1.807, 2.05) is 44.2 Å². The van der Waals surface area contributed by atoms with Gasteiger partial charge in [0.15, 0.2) is 0 Å². The van der Waals surface area contributed by atoms with Crippen LogP contribution in [0.4, 0.5) is 0 Å². The van der Waals surface area contributed by atoms with Crippen molar-refractivity contribution < 1.29 is 4.79 Å². The van der Waals surface area contributed by atoms with Gasteiger partial charge in [0.1, 0.15) is 11.4 Å². The standard InChI is InChI=1S/C22H21N3O2S/c1-3-16-11-19-21(28-16)23-13-25(22(19)27)12-20(26)24-14(2)17-10-6-8-15-7-4-5-9-18(15)17/h4-11,13-14H,3,12H2,1-2H3,(H,24,26). The first-order valence-corrected chi connectivity index (χ1v) is 10.1. The number of aryl methyl sites for hydroxylation is 1. The van der Waals surface area contributed by atoms with Gasteiger partial charge in [-0.05, 0) is 35.7 Å². The first kappa shape index (κ1) is 18.4. The van der Waals surface area contributed by atoms with Crippen LogP contribution in [0.2, 0.25) is 0 Å². The van der Waals surface area contributed by atoms with E-state index in [1.165, 1.54) is 22.2 Å². The first-order chi connectivity index (χ1) is 13.6. The molecular formula is C22H21N3O2S. The third kappa shape index (κ3) is 3.43. The van der Waals surface area contributed by atoms with Gasteiger partial charge in [0.05, 0.1) is 17.8 Å². The lowest BCUT2D eigenvalue weighted by Gasteiger charge is -2.17. The van der Waals surface area contributed by atoms with Crippen molar-refractivity contribution in [2.75, 3.05) is 0 Å². The summed E-state index contributed by atoms with van der Waals surface area (Å²) in [6, 6.07) is 15.9. The molecule has 28 heavy (non-hydrogen) atoms. The largest absolute Gasteiger partial charge is 0.348 e. The van der Waals surface area contributed by atoms with Gasteiger partial charge in [-0.15, -0.1) is 11.3 Å². The molecule has 0 fully saturated rings. The highest BCUT2D eigenvalue weighted by Gasteiger charge is 2.14. The van der Waals surface area contributed by atoms with Gasteiger partial charge in [0.25, 0.3) is 5.56 Å². The van der Waals surface area contributed by atoms with Crippen LogP contribution in [-0.2, 0) is 17.8 Å². The number of aromatic nitrogens is 2. The summed E-state index contributed by atoms with van der Waals surface area (Å²) >= 11 is 1.52. The quantitative estimate of drug-likeness (QED) is 0.558. The van der Waals surface area contributed by atoms with E-state index < -0.39 is 0 Å². The number of carbonyl (C=O) groups excluding carboxylic acids is 1. The summed E-state index contributed by atoms with van der Waals surface area (Å²) in [7, 11) is 0. The molecule has 0 aliphatic carbocycles. The highest BCUT2D eigenvalue weighted by molar-refractivity contribution is 7.18. The van der Waals surface area contributed by atoms with E-state index in [4.69, 9.17) is 0 Å². The molecule has 1 unspecified atom stereocenters. The lowest BCUT2D eigenvalue weighted by atomic mass is 10.00. The Hall–Kier alpha value is -2.99. The molecule has 2 heterocycles. The van der Waals surface area contributed by atoms with Gasteiger partial charge in [-0.2, -0.15) is 0 Å². The molecule has 4 aromatic rings. The summed E-state index contributed by atoms with van der Waals surface area (Å²) in [5.74, 6) is -0.213. The number of nitrogens with zero attached hydrogens (tertiary/aromatic N) is 2. The van der Waals surface area contributed by atoms with Crippen LogP contribution < -0.4 is 10.9 Å². The van der Waals surface area contributed by atoms with Crippen molar-refractivity contribution in [3.63, 3.8) is 0 Å². The fraction of sp³-hybridized carbons (Fsp3) is 0.227. The van der Waals surface area contributed by atoms with E-state index >= 15 is 0 Å². The molecule has 5 nitrogen and oxygen atoms in total. The molecule has 0 saturated carbocycles. The second-order valence-corrected chi connectivity index (χ2v) is 7.94. The van der Waals surface area contributed by atoms with Crippen molar-refractivity contribution in [3.05, 3.63) is 75.7 Å². The minimum absolute atomic E-state index is 0.0474. The Balaban J connectivity index is 1.55. The van der Waals surface area contributed by atoms with Crippen LogP contribution in [0.15, 0.2) is 59.7 Å². The minimum atomic E-state index is -0.213. The van der Waals surface area contributed by atoms with E-state index in [9.17, 15) is 9.59 Å². The van der Waals surface area contributed by atoms with Gasteiger partial charge >= 0.3 is 0 Å². The molecule has 142 valence electrons. The van der Waals surface area contributed by atoms with E-state index in [2.05, 4.69) is 28.5 Å². The van der Waals surface area contributed by atoms with Crippen LogP contribution in [0.5, 0.6) is 0 Å². The van der Waals surface area contributed by atoms with Crippen LogP contribution in [-0.4, -0.2) is 15.5 Å². The van der Waals surface area contributed by atoms with Crippen molar-refractivity contribution in [1.29, 1.82) is 0 Å². The molecule has 6 heteroatoms. The predicted molar refractivity (Wildman–Crippen MR) is 114 cm³/mol. The lowest BCUT2D eigenvalue weighted by Crippen LogP contribution is -2.33. The number of hydrogen-bond donors (Lipinski definition) is 1. The molecule has 2 aromatic carbocycles. The Morgan fingerprint density at radius 3 is 2.79 bits per heavy atom. The topological polar surface area (TPSA) is 64.0 Å². The summed E-state index contributed by atoms with van der Waals surface area (Å²) < 4.78 is 1.37. The monoisotopic (exact) mass is 391 g/mol. The van der Waals surface area contributed by atoms with Crippen molar-refractivity contribution >= 4 is 38.2 Å². The zero-order valence-corrected chi connectivity index (χ0v) is 16.6. The normalized spacial score (nSPS) is 12.4. The van der Waals surface area contributed by atoms with Crippen molar-refractivity contribution in [3.8, 4) is 0 Å². The van der Waals surface area contributed by atoms with Crippen LogP contribution in [0, 0.1) is 0 Å². The highest BCUT2D eigenvalue weighted by atomic mass is 32.1. The molecule has 4 rings (SSSR count). The van der Waals surface area contributed by atoms with Gasteiger partial charge in [-0.1, -0.05) is 49.4 Å². The third-order valence-electron chi connectivity index (χ3n) is 4.90. The number of thiophene rings is 1. The highest BCUT2D eigenvalue weighted by Crippen LogP contribution is 2.24. The number of hydrogen-bond acceptors (Lipinski definition) is 4. The van der Waals surface area contributed by atoms with Gasteiger partial charge in [0.2, 0.25) is 5.91 Å². The average Bonchev–Trinajstić information content (AvgIpc) is 3.14. The maximum absolute atomic E-state index is 12.7. The minimum Gasteiger partial charge on any atom is -0.348 e. The van der Waals surface area contributed by atoms with Crippen LogP contribution >= 0.6 is 11.3 Å². The Bertz CT molecular complexity index is 1220. The number of fused-ring (bicyclic) bond motifs is 2. The molecule has 2 aromatic heterocycles. The van der Waals surface area contributed by atoms with Gasteiger partial charge in [0, 0.05) is 4.88 Å². The van der Waals surface area contributed by atoms with Crippen molar-refractivity contribution in [1.82, 2.24) is 14.9 Å². The Morgan fingerprint density at radius 2 is 1.96 bits per heavy atom. The van der Waals surface area contributed by atoms with Gasteiger partial charge < -0.3 is 5.32 Å². The SMILES string of the molecule is CCc1cc2c(=O)n(CC(=O)NC(C)c3cccc4ccccc34)cnc2s1. The summed E-state index contributed by atoms with van der Waals surface area (Å²) in [5, 5.41) is 5.84. The number of benzene rings is 2. The maximum Gasteiger partial charge on any atom is 0.262 e. The predicted octanol–water partition coefficient (Wildman–Crippen LogP) is 4.05. The van der Waals surface area contributed by atoms with E-state index in [0.29, 0.717) is 5.39 Å². The zero-order chi connectivity index (χ0) is 19.7. The van der Waals surface area contributed by atoms with E-state index in [1.54, 1.807) is 0 Å². The molecule has 0 bridgehead atoms. The first-order valence-electron chi connectivity index (χ1n) is 9.31. The second-order valence-electron chi connectivity index (χ2n) is 6.82. The number of carbonyl (C=O) groups is 1. The third-order valence-corrected chi connectivity index (χ3v) is 6.09. The Kier molecular flexibility index (Phi) is 4.96. The number of rotatable bonds is 5. The van der Waals surface area contributed by atoms with Crippen LogP contribution in [0.1, 0.15) is 30.3 Å².